The summed E-state index contributed by atoms with van der Waals surface area (Å²) in [4.78, 5) is 14.9. The molecule has 128 valence electrons. The maximum Gasteiger partial charge on any atom is 0.226 e. The van der Waals surface area contributed by atoms with Crippen molar-refractivity contribution >= 4 is 5.91 Å². The standard InChI is InChI=1S/C20H20FN3O/c21-17-5-2-13(3-6-17)10-24-19-12-23(11-16(19)9-22-24)20(25)18-8-14-1-4-15(18)7-14/h1-6,9,14-15,18H,7-8,10-12H2/t14-,15+,18-/m1/s1. The van der Waals surface area contributed by atoms with Gasteiger partial charge in [-0.05, 0) is 42.4 Å². The van der Waals surface area contributed by atoms with Gasteiger partial charge in [-0.3, -0.25) is 9.48 Å². The molecule has 2 aliphatic carbocycles. The van der Waals surface area contributed by atoms with Crippen LogP contribution in [0.1, 0.15) is 29.7 Å². The van der Waals surface area contributed by atoms with Gasteiger partial charge in [0.15, 0.2) is 0 Å². The lowest BCUT2D eigenvalue weighted by atomic mass is 9.92. The molecule has 2 heterocycles. The summed E-state index contributed by atoms with van der Waals surface area (Å²) in [5.74, 6) is 1.28. The van der Waals surface area contributed by atoms with Crippen LogP contribution in [-0.4, -0.2) is 20.6 Å². The van der Waals surface area contributed by atoms with Crippen LogP contribution in [0.2, 0.25) is 0 Å². The molecule has 1 aliphatic heterocycles. The molecule has 1 fully saturated rings. The van der Waals surface area contributed by atoms with Gasteiger partial charge in [0.2, 0.25) is 5.91 Å². The van der Waals surface area contributed by atoms with E-state index >= 15 is 0 Å². The summed E-state index contributed by atoms with van der Waals surface area (Å²) in [6.07, 6.45) is 8.53. The van der Waals surface area contributed by atoms with Gasteiger partial charge in [0.25, 0.3) is 0 Å². The van der Waals surface area contributed by atoms with Crippen molar-refractivity contribution in [1.82, 2.24) is 14.7 Å². The van der Waals surface area contributed by atoms with Gasteiger partial charge in [-0.2, -0.15) is 5.10 Å². The average molecular weight is 337 g/mol. The third-order valence-electron chi connectivity index (χ3n) is 5.89. The molecule has 0 spiro atoms. The molecule has 3 aliphatic rings. The molecule has 2 bridgehead atoms. The number of rotatable bonds is 3. The third kappa shape index (κ3) is 2.49. The topological polar surface area (TPSA) is 38.1 Å². The number of nitrogens with zero attached hydrogens (tertiary/aromatic N) is 3. The van der Waals surface area contributed by atoms with Crippen molar-refractivity contribution in [3.63, 3.8) is 0 Å². The molecule has 5 heteroatoms. The van der Waals surface area contributed by atoms with Crippen LogP contribution < -0.4 is 0 Å². The number of carbonyl (C=O) groups is 1. The Morgan fingerprint density at radius 2 is 2.00 bits per heavy atom. The summed E-state index contributed by atoms with van der Waals surface area (Å²) in [6.45, 7) is 1.90. The van der Waals surface area contributed by atoms with Crippen molar-refractivity contribution in [2.45, 2.75) is 32.5 Å². The molecular weight excluding hydrogens is 317 g/mol. The Kier molecular flexibility index (Phi) is 3.30. The van der Waals surface area contributed by atoms with E-state index in [0.29, 0.717) is 37.4 Å². The van der Waals surface area contributed by atoms with Gasteiger partial charge < -0.3 is 4.90 Å². The van der Waals surface area contributed by atoms with Gasteiger partial charge in [0, 0.05) is 18.0 Å². The fourth-order valence-electron chi connectivity index (χ4n) is 4.56. The number of fused-ring (bicyclic) bond motifs is 3. The second-order valence-corrected chi connectivity index (χ2v) is 7.48. The van der Waals surface area contributed by atoms with E-state index in [2.05, 4.69) is 17.3 Å². The summed E-state index contributed by atoms with van der Waals surface area (Å²) in [5.41, 5.74) is 3.25. The van der Waals surface area contributed by atoms with Crippen LogP contribution in [0.5, 0.6) is 0 Å². The minimum absolute atomic E-state index is 0.164. The van der Waals surface area contributed by atoms with E-state index in [-0.39, 0.29) is 11.7 Å². The molecule has 1 amide bonds. The number of hydrogen-bond acceptors (Lipinski definition) is 2. The van der Waals surface area contributed by atoms with Crippen molar-refractivity contribution in [3.8, 4) is 0 Å². The average Bonchev–Trinajstić information content (AvgIpc) is 3.37. The molecule has 2 aromatic rings. The first kappa shape index (κ1) is 14.9. The summed E-state index contributed by atoms with van der Waals surface area (Å²) in [7, 11) is 0. The molecular formula is C20H20FN3O. The van der Waals surface area contributed by atoms with Crippen LogP contribution in [0, 0.1) is 23.6 Å². The lowest BCUT2D eigenvalue weighted by molar-refractivity contribution is -0.137. The highest BCUT2D eigenvalue weighted by atomic mass is 19.1. The fourth-order valence-corrected chi connectivity index (χ4v) is 4.56. The number of aromatic nitrogens is 2. The Bertz CT molecular complexity index is 854. The second kappa shape index (κ2) is 5.55. The van der Waals surface area contributed by atoms with Gasteiger partial charge in [0.05, 0.1) is 25.0 Å². The Morgan fingerprint density at radius 1 is 1.16 bits per heavy atom. The molecule has 4 nitrogen and oxygen atoms in total. The van der Waals surface area contributed by atoms with E-state index in [0.717, 1.165) is 29.7 Å². The number of amides is 1. The van der Waals surface area contributed by atoms with Gasteiger partial charge in [-0.15, -0.1) is 0 Å². The predicted molar refractivity (Wildman–Crippen MR) is 90.8 cm³/mol. The van der Waals surface area contributed by atoms with Gasteiger partial charge in [-0.25, -0.2) is 4.39 Å². The summed E-state index contributed by atoms with van der Waals surface area (Å²) < 4.78 is 15.0. The molecule has 25 heavy (non-hydrogen) atoms. The summed E-state index contributed by atoms with van der Waals surface area (Å²) in [5, 5.41) is 4.46. The van der Waals surface area contributed by atoms with E-state index in [9.17, 15) is 9.18 Å². The van der Waals surface area contributed by atoms with Crippen LogP contribution in [0.25, 0.3) is 0 Å². The minimum atomic E-state index is -0.230. The zero-order valence-electron chi connectivity index (χ0n) is 13.9. The normalized spacial score (nSPS) is 26.4. The Balaban J connectivity index is 1.31. The number of hydrogen-bond donors (Lipinski definition) is 0. The quantitative estimate of drug-likeness (QED) is 0.807. The smallest absolute Gasteiger partial charge is 0.226 e. The zero-order valence-corrected chi connectivity index (χ0v) is 13.9. The van der Waals surface area contributed by atoms with Crippen molar-refractivity contribution in [2.75, 3.05) is 0 Å². The number of allylic oxidation sites excluding steroid dienone is 2. The van der Waals surface area contributed by atoms with Crippen LogP contribution in [-0.2, 0) is 24.4 Å². The Labute approximate surface area is 145 Å². The van der Waals surface area contributed by atoms with Crippen LogP contribution in [0.15, 0.2) is 42.6 Å². The third-order valence-corrected chi connectivity index (χ3v) is 5.89. The maximum atomic E-state index is 13.1. The van der Waals surface area contributed by atoms with Crippen molar-refractivity contribution < 1.29 is 9.18 Å². The highest BCUT2D eigenvalue weighted by Crippen LogP contribution is 2.44. The van der Waals surface area contributed by atoms with E-state index in [4.69, 9.17) is 0 Å². The molecule has 3 atom stereocenters. The van der Waals surface area contributed by atoms with Crippen LogP contribution >= 0.6 is 0 Å². The van der Waals surface area contributed by atoms with Gasteiger partial charge in [0.1, 0.15) is 5.82 Å². The first-order valence-corrected chi connectivity index (χ1v) is 8.92. The zero-order chi connectivity index (χ0) is 17.0. The highest BCUT2D eigenvalue weighted by Gasteiger charge is 2.42. The summed E-state index contributed by atoms with van der Waals surface area (Å²) >= 11 is 0. The number of benzene rings is 1. The molecule has 5 rings (SSSR count). The van der Waals surface area contributed by atoms with E-state index in [1.807, 2.05) is 15.8 Å². The molecule has 0 radical (unpaired) electrons. The summed E-state index contributed by atoms with van der Waals surface area (Å²) in [6, 6.07) is 6.50. The largest absolute Gasteiger partial charge is 0.332 e. The van der Waals surface area contributed by atoms with E-state index in [1.54, 1.807) is 12.1 Å². The lowest BCUT2D eigenvalue weighted by Gasteiger charge is -2.24. The first-order chi connectivity index (χ1) is 12.2. The van der Waals surface area contributed by atoms with E-state index in [1.165, 1.54) is 12.1 Å². The molecule has 1 aromatic heterocycles. The molecule has 1 aromatic carbocycles. The number of carbonyl (C=O) groups excluding carboxylic acids is 1. The van der Waals surface area contributed by atoms with E-state index < -0.39 is 0 Å². The minimum Gasteiger partial charge on any atom is -0.332 e. The Hall–Kier alpha value is -2.43. The first-order valence-electron chi connectivity index (χ1n) is 8.92. The Morgan fingerprint density at radius 3 is 2.72 bits per heavy atom. The SMILES string of the molecule is O=C([C@@H]1C[C@@H]2C=C[C@H]1C2)N1Cc2cnn(Cc3ccc(F)cc3)c2C1. The van der Waals surface area contributed by atoms with Crippen molar-refractivity contribution in [2.24, 2.45) is 17.8 Å². The lowest BCUT2D eigenvalue weighted by Crippen LogP contribution is -2.34. The van der Waals surface area contributed by atoms with Gasteiger partial charge in [-0.1, -0.05) is 24.3 Å². The van der Waals surface area contributed by atoms with Crippen molar-refractivity contribution in [1.29, 1.82) is 0 Å². The monoisotopic (exact) mass is 337 g/mol. The highest BCUT2D eigenvalue weighted by molar-refractivity contribution is 5.80. The maximum absolute atomic E-state index is 13.1. The predicted octanol–water partition coefficient (Wildman–Crippen LogP) is 3.12. The second-order valence-electron chi connectivity index (χ2n) is 7.48. The molecule has 0 unspecified atom stereocenters. The molecule has 0 N–H and O–H groups in total. The number of halogens is 1. The molecule has 0 saturated heterocycles. The van der Waals surface area contributed by atoms with Crippen LogP contribution in [0.4, 0.5) is 4.39 Å². The van der Waals surface area contributed by atoms with Gasteiger partial charge >= 0.3 is 0 Å². The fraction of sp³-hybridized carbons (Fsp3) is 0.400. The molecule has 1 saturated carbocycles. The van der Waals surface area contributed by atoms with Crippen molar-refractivity contribution in [3.05, 3.63) is 65.3 Å². The van der Waals surface area contributed by atoms with Crippen LogP contribution in [0.3, 0.4) is 0 Å².